The van der Waals surface area contributed by atoms with Crippen molar-refractivity contribution in [1.29, 1.82) is 0 Å². The molecular weight excluding hydrogens is 376 g/mol. The molecule has 0 fully saturated rings. The van der Waals surface area contributed by atoms with Crippen LogP contribution in [0.1, 0.15) is 18.2 Å². The maximum absolute atomic E-state index is 12.4. The average molecular weight is 391 g/mol. The van der Waals surface area contributed by atoms with E-state index in [-0.39, 0.29) is 11.5 Å². The van der Waals surface area contributed by atoms with Crippen LogP contribution in [0.15, 0.2) is 34.2 Å². The molecule has 0 radical (unpaired) electrons. The molecular formula is C16H14N4O2S3. The SMILES string of the molecule is CC(Sc1nc2c(c(=O)[nH]1)CSC2)C(=O)Nc1nc2ccccc2s1. The quantitative estimate of drug-likeness (QED) is 0.525. The van der Waals surface area contributed by atoms with E-state index in [1.807, 2.05) is 24.3 Å². The van der Waals surface area contributed by atoms with Crippen LogP contribution in [0.3, 0.4) is 0 Å². The van der Waals surface area contributed by atoms with Gasteiger partial charge in [0.05, 0.1) is 21.2 Å². The minimum absolute atomic E-state index is 0.101. The summed E-state index contributed by atoms with van der Waals surface area (Å²) in [5, 5.41) is 3.50. The summed E-state index contributed by atoms with van der Waals surface area (Å²) in [6.07, 6.45) is 0. The largest absolute Gasteiger partial charge is 0.301 e. The van der Waals surface area contributed by atoms with E-state index in [1.165, 1.54) is 23.1 Å². The normalized spacial score (nSPS) is 14.4. The number of carbonyl (C=O) groups excluding carboxylic acids is 1. The molecule has 1 aliphatic heterocycles. The summed E-state index contributed by atoms with van der Waals surface area (Å²) in [6, 6.07) is 7.74. The Morgan fingerprint density at radius 1 is 1.32 bits per heavy atom. The maximum Gasteiger partial charge on any atom is 0.255 e. The van der Waals surface area contributed by atoms with E-state index in [2.05, 4.69) is 20.3 Å². The van der Waals surface area contributed by atoms with Crippen molar-refractivity contribution in [3.8, 4) is 0 Å². The van der Waals surface area contributed by atoms with Crippen molar-refractivity contribution in [1.82, 2.24) is 15.0 Å². The number of rotatable bonds is 4. The van der Waals surface area contributed by atoms with Crippen molar-refractivity contribution >= 4 is 56.1 Å². The monoisotopic (exact) mass is 390 g/mol. The molecule has 1 aromatic carbocycles. The number of nitrogens with zero attached hydrogens (tertiary/aromatic N) is 2. The van der Waals surface area contributed by atoms with Gasteiger partial charge in [-0.2, -0.15) is 11.8 Å². The van der Waals surface area contributed by atoms with E-state index in [0.717, 1.165) is 27.2 Å². The number of amides is 1. The molecule has 0 bridgehead atoms. The van der Waals surface area contributed by atoms with Crippen LogP contribution < -0.4 is 10.9 Å². The molecule has 4 rings (SSSR count). The van der Waals surface area contributed by atoms with Crippen molar-refractivity contribution in [3.05, 3.63) is 45.9 Å². The molecule has 2 aromatic heterocycles. The summed E-state index contributed by atoms with van der Waals surface area (Å²) in [6.45, 7) is 1.79. The predicted octanol–water partition coefficient (Wildman–Crippen LogP) is 3.25. The van der Waals surface area contributed by atoms with Gasteiger partial charge in [-0.3, -0.25) is 9.59 Å². The number of nitrogens with one attached hydrogen (secondary N) is 2. The molecule has 25 heavy (non-hydrogen) atoms. The highest BCUT2D eigenvalue weighted by molar-refractivity contribution is 8.00. The van der Waals surface area contributed by atoms with Crippen molar-refractivity contribution < 1.29 is 4.79 Å². The van der Waals surface area contributed by atoms with Crippen LogP contribution in [0, 0.1) is 0 Å². The molecule has 1 amide bonds. The Morgan fingerprint density at radius 2 is 2.16 bits per heavy atom. The van der Waals surface area contributed by atoms with Gasteiger partial charge in [-0.15, -0.1) is 0 Å². The molecule has 1 atom stereocenters. The van der Waals surface area contributed by atoms with Crippen molar-refractivity contribution in [2.75, 3.05) is 5.32 Å². The Morgan fingerprint density at radius 3 is 3.00 bits per heavy atom. The second kappa shape index (κ2) is 6.81. The van der Waals surface area contributed by atoms with Gasteiger partial charge in [0.15, 0.2) is 10.3 Å². The average Bonchev–Trinajstić information content (AvgIpc) is 3.20. The number of hydrogen-bond acceptors (Lipinski definition) is 7. The zero-order chi connectivity index (χ0) is 17.4. The number of H-pyrrole nitrogens is 1. The van der Waals surface area contributed by atoms with Gasteiger partial charge in [-0.05, 0) is 19.1 Å². The lowest BCUT2D eigenvalue weighted by molar-refractivity contribution is -0.115. The predicted molar refractivity (Wildman–Crippen MR) is 103 cm³/mol. The Bertz CT molecular complexity index is 981. The highest BCUT2D eigenvalue weighted by Crippen LogP contribution is 2.29. The number of anilines is 1. The number of hydrogen-bond donors (Lipinski definition) is 2. The molecule has 128 valence electrons. The maximum atomic E-state index is 12.4. The first kappa shape index (κ1) is 16.6. The molecule has 3 heterocycles. The first-order chi connectivity index (χ1) is 12.1. The first-order valence-corrected chi connectivity index (χ1v) is 10.5. The fourth-order valence-electron chi connectivity index (χ4n) is 2.45. The second-order valence-corrected chi connectivity index (χ2v) is 8.87. The topological polar surface area (TPSA) is 87.7 Å². The van der Waals surface area contributed by atoms with E-state index in [0.29, 0.717) is 16.0 Å². The minimum Gasteiger partial charge on any atom is -0.301 e. The molecule has 0 spiro atoms. The van der Waals surface area contributed by atoms with Gasteiger partial charge in [0, 0.05) is 17.1 Å². The molecule has 0 saturated carbocycles. The van der Waals surface area contributed by atoms with Gasteiger partial charge in [0.25, 0.3) is 5.56 Å². The zero-order valence-electron chi connectivity index (χ0n) is 13.2. The van der Waals surface area contributed by atoms with E-state index in [9.17, 15) is 9.59 Å². The number of carbonyl (C=O) groups is 1. The van der Waals surface area contributed by atoms with E-state index in [4.69, 9.17) is 0 Å². The highest BCUT2D eigenvalue weighted by Gasteiger charge is 2.21. The second-order valence-electron chi connectivity index (χ2n) is 5.53. The van der Waals surface area contributed by atoms with Gasteiger partial charge >= 0.3 is 0 Å². The lowest BCUT2D eigenvalue weighted by Gasteiger charge is -2.10. The van der Waals surface area contributed by atoms with Gasteiger partial charge in [0.2, 0.25) is 5.91 Å². The number of thiazole rings is 1. The zero-order valence-corrected chi connectivity index (χ0v) is 15.7. The smallest absolute Gasteiger partial charge is 0.255 e. The molecule has 9 heteroatoms. The summed E-state index contributed by atoms with van der Waals surface area (Å²) in [7, 11) is 0. The van der Waals surface area contributed by atoms with Crippen LogP contribution in [0.25, 0.3) is 10.2 Å². The molecule has 6 nitrogen and oxygen atoms in total. The number of aromatic amines is 1. The number of thioether (sulfide) groups is 2. The number of fused-ring (bicyclic) bond motifs is 2. The van der Waals surface area contributed by atoms with E-state index < -0.39 is 5.25 Å². The summed E-state index contributed by atoms with van der Waals surface area (Å²) in [5.41, 5.74) is 2.34. The molecule has 0 aliphatic carbocycles. The molecule has 3 aromatic rings. The molecule has 0 saturated heterocycles. The van der Waals surface area contributed by atoms with Gasteiger partial charge in [-0.25, -0.2) is 9.97 Å². The van der Waals surface area contributed by atoms with Gasteiger partial charge in [-0.1, -0.05) is 35.2 Å². The summed E-state index contributed by atoms with van der Waals surface area (Å²) in [4.78, 5) is 36.1. The van der Waals surface area contributed by atoms with Gasteiger partial charge in [0.1, 0.15) is 0 Å². The third kappa shape index (κ3) is 3.44. The Hall–Kier alpha value is -1.84. The highest BCUT2D eigenvalue weighted by atomic mass is 32.2. The molecule has 2 N–H and O–H groups in total. The van der Waals surface area contributed by atoms with Crippen LogP contribution in [0.5, 0.6) is 0 Å². The van der Waals surface area contributed by atoms with E-state index >= 15 is 0 Å². The summed E-state index contributed by atoms with van der Waals surface area (Å²) < 4.78 is 1.03. The molecule has 1 unspecified atom stereocenters. The minimum atomic E-state index is -0.401. The standard InChI is InChI=1S/C16H14N4O2S3/c1-8(24-15-18-11-7-23-6-9(11)14(22)20-15)13(21)19-16-17-10-4-2-3-5-12(10)25-16/h2-5,8H,6-7H2,1H3,(H,17,19,21)(H,18,20,22). The van der Waals surface area contributed by atoms with Crippen LogP contribution in [-0.2, 0) is 16.3 Å². The number of benzene rings is 1. The summed E-state index contributed by atoms with van der Waals surface area (Å²) >= 11 is 4.36. The first-order valence-electron chi connectivity index (χ1n) is 7.63. The molecule has 1 aliphatic rings. The van der Waals surface area contributed by atoms with E-state index in [1.54, 1.807) is 18.7 Å². The Labute approximate surface area is 155 Å². The van der Waals surface area contributed by atoms with Crippen LogP contribution in [0.2, 0.25) is 0 Å². The van der Waals surface area contributed by atoms with Gasteiger partial charge < -0.3 is 10.3 Å². The fourth-order valence-corrected chi connectivity index (χ4v) is 5.17. The number of aromatic nitrogens is 3. The van der Waals surface area contributed by atoms with Crippen LogP contribution in [0.4, 0.5) is 5.13 Å². The third-order valence-corrected chi connectivity index (χ3v) is 6.65. The lowest BCUT2D eigenvalue weighted by atomic mass is 10.3. The Kier molecular flexibility index (Phi) is 4.53. The van der Waals surface area contributed by atoms with Crippen LogP contribution >= 0.6 is 34.9 Å². The number of para-hydroxylation sites is 1. The Balaban J connectivity index is 1.47. The third-order valence-electron chi connectivity index (χ3n) is 3.75. The lowest BCUT2D eigenvalue weighted by Crippen LogP contribution is -2.23. The van der Waals surface area contributed by atoms with Crippen molar-refractivity contribution in [3.63, 3.8) is 0 Å². The van der Waals surface area contributed by atoms with Crippen molar-refractivity contribution in [2.24, 2.45) is 0 Å². The van der Waals surface area contributed by atoms with Crippen molar-refractivity contribution in [2.45, 2.75) is 28.8 Å². The fraction of sp³-hybridized carbons (Fsp3) is 0.250. The summed E-state index contributed by atoms with van der Waals surface area (Å²) in [5.74, 6) is 1.29. The van der Waals surface area contributed by atoms with Crippen LogP contribution in [-0.4, -0.2) is 26.1 Å².